The fraction of sp³-hybridized carbons (Fsp3) is 0.571. The molecule has 0 amide bonds. The predicted molar refractivity (Wildman–Crippen MR) is 122 cm³/mol. The Morgan fingerprint density at radius 3 is 2.13 bits per heavy atom. The largest absolute Gasteiger partial charge is 0.490 e. The third-order valence-corrected chi connectivity index (χ3v) is 6.22. The van der Waals surface area contributed by atoms with Crippen LogP contribution in [0, 0.1) is 6.92 Å². The first kappa shape index (κ1) is 31.2. The molecule has 10 nitrogen and oxygen atoms in total. The lowest BCUT2D eigenvalue weighted by Crippen LogP contribution is -2.40. The lowest BCUT2D eigenvalue weighted by atomic mass is 10.2. The van der Waals surface area contributed by atoms with Gasteiger partial charge in [-0.25, -0.2) is 24.5 Å². The minimum atomic E-state index is -5.08. The standard InChI is InChI=1S/C17H23N5OS.2C2HF3O2/c1-13-15(24-12-19-13)10-22-8-9-23-11-14(22)17-18-5-4-16(20-17)21-6-2-3-7-21;2*3-2(4,5)1(6)7/h4-5,12,14H,2-3,6-11H2,1H3;2*(H,6,7). The lowest BCUT2D eigenvalue weighted by Gasteiger charge is -2.34. The van der Waals surface area contributed by atoms with E-state index < -0.39 is 24.3 Å². The summed E-state index contributed by atoms with van der Waals surface area (Å²) in [4.78, 5) is 37.7. The van der Waals surface area contributed by atoms with Gasteiger partial charge < -0.3 is 19.8 Å². The summed E-state index contributed by atoms with van der Waals surface area (Å²) < 4.78 is 69.2. The van der Waals surface area contributed by atoms with E-state index in [9.17, 15) is 26.3 Å². The Kier molecular flexibility index (Phi) is 11.2. The molecule has 38 heavy (non-hydrogen) atoms. The molecule has 2 aromatic rings. The van der Waals surface area contributed by atoms with E-state index >= 15 is 0 Å². The van der Waals surface area contributed by atoms with Crippen LogP contribution in [0.4, 0.5) is 32.2 Å². The third-order valence-electron chi connectivity index (χ3n) is 5.30. The minimum absolute atomic E-state index is 0.114. The normalized spacial score (nSPS) is 18.2. The molecule has 2 fully saturated rings. The molecule has 4 heterocycles. The van der Waals surface area contributed by atoms with Gasteiger partial charge in [-0.1, -0.05) is 0 Å². The number of morpholine rings is 1. The molecule has 1 unspecified atom stereocenters. The van der Waals surface area contributed by atoms with Crippen molar-refractivity contribution in [2.75, 3.05) is 37.7 Å². The van der Waals surface area contributed by atoms with E-state index in [2.05, 4.69) is 26.7 Å². The van der Waals surface area contributed by atoms with Crippen LogP contribution in [0.2, 0.25) is 0 Å². The van der Waals surface area contributed by atoms with E-state index in [1.165, 1.54) is 17.7 Å². The number of anilines is 1. The van der Waals surface area contributed by atoms with Crippen molar-refractivity contribution in [2.24, 2.45) is 0 Å². The number of thiazole rings is 1. The zero-order valence-electron chi connectivity index (χ0n) is 20.0. The van der Waals surface area contributed by atoms with Crippen LogP contribution in [0.1, 0.15) is 35.3 Å². The monoisotopic (exact) mass is 573 g/mol. The van der Waals surface area contributed by atoms with Gasteiger partial charge in [0.25, 0.3) is 0 Å². The van der Waals surface area contributed by atoms with Crippen LogP contribution in [-0.4, -0.2) is 87.2 Å². The Hall–Kier alpha value is -3.05. The van der Waals surface area contributed by atoms with Gasteiger partial charge in [0.05, 0.1) is 30.5 Å². The molecule has 0 aromatic carbocycles. The molecule has 0 spiro atoms. The topological polar surface area (TPSA) is 129 Å². The number of hydrogen-bond donors (Lipinski definition) is 2. The molecule has 2 saturated heterocycles. The van der Waals surface area contributed by atoms with Crippen LogP contribution < -0.4 is 4.90 Å². The van der Waals surface area contributed by atoms with Crippen molar-refractivity contribution in [1.29, 1.82) is 0 Å². The number of ether oxygens (including phenoxy) is 1. The third kappa shape index (κ3) is 9.68. The summed E-state index contributed by atoms with van der Waals surface area (Å²) in [6.45, 7) is 7.48. The molecule has 2 aliphatic heterocycles. The summed E-state index contributed by atoms with van der Waals surface area (Å²) in [6, 6.07) is 2.14. The average molecular weight is 574 g/mol. The maximum absolute atomic E-state index is 10.6. The zero-order chi connectivity index (χ0) is 28.5. The summed E-state index contributed by atoms with van der Waals surface area (Å²) in [6.07, 6.45) is -5.77. The number of alkyl halides is 6. The number of hydrogen-bond acceptors (Lipinski definition) is 9. The average Bonchev–Trinajstić information content (AvgIpc) is 3.52. The van der Waals surface area contributed by atoms with E-state index in [0.29, 0.717) is 6.61 Å². The van der Waals surface area contributed by atoms with Crippen LogP contribution in [0.25, 0.3) is 0 Å². The van der Waals surface area contributed by atoms with E-state index in [1.54, 1.807) is 11.3 Å². The van der Waals surface area contributed by atoms with Gasteiger partial charge >= 0.3 is 24.3 Å². The highest BCUT2D eigenvalue weighted by molar-refractivity contribution is 7.09. The van der Waals surface area contributed by atoms with Gasteiger partial charge in [-0.2, -0.15) is 26.3 Å². The van der Waals surface area contributed by atoms with E-state index in [0.717, 1.165) is 50.1 Å². The Morgan fingerprint density at radius 1 is 1.05 bits per heavy atom. The fourth-order valence-electron chi connectivity index (χ4n) is 3.37. The van der Waals surface area contributed by atoms with Crippen LogP contribution >= 0.6 is 11.3 Å². The van der Waals surface area contributed by atoms with Crippen LogP contribution in [0.3, 0.4) is 0 Å². The molecule has 212 valence electrons. The smallest absolute Gasteiger partial charge is 0.475 e. The van der Waals surface area contributed by atoms with Gasteiger partial charge in [0.15, 0.2) is 0 Å². The lowest BCUT2D eigenvalue weighted by molar-refractivity contribution is -0.193. The molecule has 2 aliphatic rings. The summed E-state index contributed by atoms with van der Waals surface area (Å²) in [5.74, 6) is -3.58. The number of halogens is 6. The van der Waals surface area contributed by atoms with Gasteiger partial charge in [0, 0.05) is 37.3 Å². The van der Waals surface area contributed by atoms with E-state index in [1.807, 2.05) is 17.8 Å². The molecule has 2 N–H and O–H groups in total. The van der Waals surface area contributed by atoms with Crippen molar-refractivity contribution in [2.45, 2.75) is 44.7 Å². The summed E-state index contributed by atoms with van der Waals surface area (Å²) in [5, 5.41) is 14.2. The highest BCUT2D eigenvalue weighted by atomic mass is 32.1. The zero-order valence-corrected chi connectivity index (χ0v) is 20.8. The van der Waals surface area contributed by atoms with Crippen molar-refractivity contribution in [3.05, 3.63) is 34.2 Å². The number of rotatable bonds is 4. The molecular formula is C21H25F6N5O5S. The second-order valence-electron chi connectivity index (χ2n) is 8.00. The number of carboxylic acid groups (broad SMARTS) is 2. The predicted octanol–water partition coefficient (Wildman–Crippen LogP) is 3.68. The Bertz CT molecular complexity index is 1040. The number of aromatic nitrogens is 3. The number of carboxylic acids is 2. The summed E-state index contributed by atoms with van der Waals surface area (Å²) in [7, 11) is 0. The highest BCUT2D eigenvalue weighted by Crippen LogP contribution is 2.27. The van der Waals surface area contributed by atoms with Crippen LogP contribution in [0.15, 0.2) is 17.8 Å². The van der Waals surface area contributed by atoms with Crippen molar-refractivity contribution in [3.63, 3.8) is 0 Å². The van der Waals surface area contributed by atoms with Crippen LogP contribution in [-0.2, 0) is 20.9 Å². The maximum atomic E-state index is 10.6. The SMILES string of the molecule is Cc1ncsc1CN1CCOCC1c1nccc(N2CCCC2)n1.O=C(O)C(F)(F)F.O=C(O)C(F)(F)F. The van der Waals surface area contributed by atoms with Crippen molar-refractivity contribution < 1.29 is 50.9 Å². The van der Waals surface area contributed by atoms with Crippen molar-refractivity contribution >= 4 is 29.1 Å². The maximum Gasteiger partial charge on any atom is 0.490 e. The fourth-order valence-corrected chi connectivity index (χ4v) is 4.18. The quantitative estimate of drug-likeness (QED) is 0.523. The van der Waals surface area contributed by atoms with Gasteiger partial charge in [-0.3, -0.25) is 4.90 Å². The first-order valence-electron chi connectivity index (χ1n) is 11.1. The Morgan fingerprint density at radius 2 is 1.63 bits per heavy atom. The Labute approximate surface area is 216 Å². The molecular weight excluding hydrogens is 548 g/mol. The minimum Gasteiger partial charge on any atom is -0.475 e. The first-order chi connectivity index (χ1) is 17.7. The Balaban J connectivity index is 0.000000301. The molecule has 17 heteroatoms. The number of aryl methyl sites for hydroxylation is 1. The van der Waals surface area contributed by atoms with Crippen molar-refractivity contribution in [1.82, 2.24) is 19.9 Å². The molecule has 1 atom stereocenters. The van der Waals surface area contributed by atoms with Gasteiger partial charge in [-0.05, 0) is 25.8 Å². The van der Waals surface area contributed by atoms with E-state index in [-0.39, 0.29) is 6.04 Å². The van der Waals surface area contributed by atoms with Crippen molar-refractivity contribution in [3.8, 4) is 0 Å². The number of nitrogens with zero attached hydrogens (tertiary/aromatic N) is 5. The molecule has 0 saturated carbocycles. The van der Waals surface area contributed by atoms with Gasteiger partial charge in [0.2, 0.25) is 0 Å². The summed E-state index contributed by atoms with van der Waals surface area (Å²) >= 11 is 1.72. The van der Waals surface area contributed by atoms with Crippen LogP contribution in [0.5, 0.6) is 0 Å². The molecule has 0 aliphatic carbocycles. The number of aliphatic carboxylic acids is 2. The molecule has 4 rings (SSSR count). The van der Waals surface area contributed by atoms with Gasteiger partial charge in [0.1, 0.15) is 11.6 Å². The van der Waals surface area contributed by atoms with Gasteiger partial charge in [-0.15, -0.1) is 11.3 Å². The second kappa shape index (κ2) is 13.7. The van der Waals surface area contributed by atoms with E-state index in [4.69, 9.17) is 29.5 Å². The second-order valence-corrected chi connectivity index (χ2v) is 8.93. The molecule has 2 aromatic heterocycles. The first-order valence-corrected chi connectivity index (χ1v) is 12.0. The molecule has 0 bridgehead atoms. The summed E-state index contributed by atoms with van der Waals surface area (Å²) in [5.41, 5.74) is 3.04. The molecule has 0 radical (unpaired) electrons. The highest BCUT2D eigenvalue weighted by Gasteiger charge is 2.39. The number of carbonyl (C=O) groups is 2.